The lowest BCUT2D eigenvalue weighted by Gasteiger charge is -2.39. The van der Waals surface area contributed by atoms with Crippen molar-refractivity contribution in [3.63, 3.8) is 0 Å². The minimum Gasteiger partial charge on any atom is -0.332 e. The summed E-state index contributed by atoms with van der Waals surface area (Å²) >= 11 is 0. The van der Waals surface area contributed by atoms with Crippen molar-refractivity contribution in [3.05, 3.63) is 53.3 Å². The Balaban J connectivity index is 1.16. The summed E-state index contributed by atoms with van der Waals surface area (Å²) in [6.45, 7) is 6.99. The first-order valence-corrected chi connectivity index (χ1v) is 11.7. The molecule has 31 heavy (non-hydrogen) atoms. The van der Waals surface area contributed by atoms with Gasteiger partial charge in [0.1, 0.15) is 0 Å². The Morgan fingerprint density at radius 1 is 0.968 bits per heavy atom. The van der Waals surface area contributed by atoms with Gasteiger partial charge in [-0.1, -0.05) is 24.3 Å². The molecule has 0 saturated carbocycles. The highest BCUT2D eigenvalue weighted by Gasteiger charge is 2.40. The van der Waals surface area contributed by atoms with Crippen molar-refractivity contribution in [2.45, 2.75) is 57.2 Å². The van der Waals surface area contributed by atoms with Gasteiger partial charge in [0.2, 0.25) is 5.95 Å². The molecule has 2 bridgehead atoms. The van der Waals surface area contributed by atoms with E-state index in [4.69, 9.17) is 9.97 Å². The number of nitrogens with zero attached hydrogens (tertiary/aromatic N) is 5. The molecule has 3 saturated heterocycles. The number of anilines is 1. The number of ketones is 1. The first-order chi connectivity index (χ1) is 15.1. The number of likely N-dealkylation sites (N-methyl/N-ethyl adjacent to an activating group) is 1. The fourth-order valence-corrected chi connectivity index (χ4v) is 5.64. The smallest absolute Gasteiger partial charge is 0.225 e. The van der Waals surface area contributed by atoms with E-state index >= 15 is 0 Å². The van der Waals surface area contributed by atoms with Gasteiger partial charge in [0, 0.05) is 49.7 Å². The number of benzene rings is 1. The van der Waals surface area contributed by atoms with E-state index in [9.17, 15) is 4.79 Å². The summed E-state index contributed by atoms with van der Waals surface area (Å²) < 4.78 is 0. The summed E-state index contributed by atoms with van der Waals surface area (Å²) in [6, 6.07) is 9.19. The number of likely N-dealkylation sites (tertiary alicyclic amines) is 2. The molecule has 164 valence electrons. The zero-order valence-electron chi connectivity index (χ0n) is 18.7. The Kier molecular flexibility index (Phi) is 5.76. The third kappa shape index (κ3) is 4.37. The quantitative estimate of drug-likeness (QED) is 0.693. The molecule has 3 aliphatic rings. The van der Waals surface area contributed by atoms with E-state index in [1.807, 2.05) is 12.1 Å². The standard InChI is InChI=1S/C25H33N5O/c1-18(31)20-5-3-19(4-6-20)15-29-11-9-21(10-12-29)22-13-26-25(27-14-22)30-23-7-8-24(30)17-28(2)16-23/h3-6,13-14,21,23-24H,7-12,15-17H2,1-2H3. The number of aromatic nitrogens is 2. The van der Waals surface area contributed by atoms with Gasteiger partial charge in [0.15, 0.2) is 5.78 Å². The van der Waals surface area contributed by atoms with Crippen molar-refractivity contribution in [1.29, 1.82) is 0 Å². The number of rotatable bonds is 5. The monoisotopic (exact) mass is 419 g/mol. The maximum Gasteiger partial charge on any atom is 0.225 e. The Morgan fingerprint density at radius 2 is 1.58 bits per heavy atom. The SMILES string of the molecule is CC(=O)c1ccc(CN2CCC(c3cnc(N4C5CCC4CN(C)C5)nc3)CC2)cc1. The van der Waals surface area contributed by atoms with Crippen LogP contribution in [0.2, 0.25) is 0 Å². The van der Waals surface area contributed by atoms with Crippen LogP contribution in [0.4, 0.5) is 5.95 Å². The second-order valence-corrected chi connectivity index (χ2v) is 9.63. The number of piperidine rings is 1. The largest absolute Gasteiger partial charge is 0.332 e. The number of piperazine rings is 1. The van der Waals surface area contributed by atoms with E-state index in [0.29, 0.717) is 18.0 Å². The van der Waals surface area contributed by atoms with Crippen LogP contribution in [0.25, 0.3) is 0 Å². The second-order valence-electron chi connectivity index (χ2n) is 9.63. The molecular formula is C25H33N5O. The highest BCUT2D eigenvalue weighted by Crippen LogP contribution is 2.33. The first-order valence-electron chi connectivity index (χ1n) is 11.7. The number of hydrogen-bond donors (Lipinski definition) is 0. The number of fused-ring (bicyclic) bond motifs is 2. The zero-order valence-corrected chi connectivity index (χ0v) is 18.7. The molecule has 0 N–H and O–H groups in total. The Hall–Kier alpha value is -2.31. The predicted octanol–water partition coefficient (Wildman–Crippen LogP) is 3.34. The minimum atomic E-state index is 0.126. The molecule has 0 amide bonds. The molecule has 4 heterocycles. The molecule has 0 radical (unpaired) electrons. The molecule has 0 aliphatic carbocycles. The Labute approximate surface area is 185 Å². The van der Waals surface area contributed by atoms with Gasteiger partial charge >= 0.3 is 0 Å². The molecule has 5 rings (SSSR count). The minimum absolute atomic E-state index is 0.126. The maximum absolute atomic E-state index is 11.5. The molecule has 2 aromatic rings. The van der Waals surface area contributed by atoms with Crippen LogP contribution in [-0.2, 0) is 6.54 Å². The third-order valence-electron chi connectivity index (χ3n) is 7.38. The third-order valence-corrected chi connectivity index (χ3v) is 7.38. The van der Waals surface area contributed by atoms with Crippen LogP contribution >= 0.6 is 0 Å². The van der Waals surface area contributed by atoms with E-state index < -0.39 is 0 Å². The lowest BCUT2D eigenvalue weighted by Crippen LogP contribution is -2.53. The summed E-state index contributed by atoms with van der Waals surface area (Å²) in [7, 11) is 2.22. The molecule has 2 unspecified atom stereocenters. The molecule has 1 aromatic carbocycles. The van der Waals surface area contributed by atoms with Crippen LogP contribution in [0.15, 0.2) is 36.7 Å². The van der Waals surface area contributed by atoms with Gasteiger partial charge in [-0.3, -0.25) is 9.69 Å². The van der Waals surface area contributed by atoms with Crippen molar-refractivity contribution in [3.8, 4) is 0 Å². The highest BCUT2D eigenvalue weighted by molar-refractivity contribution is 5.93. The molecule has 6 nitrogen and oxygen atoms in total. The van der Waals surface area contributed by atoms with E-state index in [0.717, 1.165) is 57.1 Å². The van der Waals surface area contributed by atoms with Crippen molar-refractivity contribution in [2.75, 3.05) is 38.1 Å². The van der Waals surface area contributed by atoms with Gasteiger partial charge in [-0.2, -0.15) is 0 Å². The molecule has 3 fully saturated rings. The van der Waals surface area contributed by atoms with E-state index in [1.165, 1.54) is 24.0 Å². The zero-order chi connectivity index (χ0) is 21.4. The summed E-state index contributed by atoms with van der Waals surface area (Å²) in [4.78, 5) is 28.5. The number of carbonyl (C=O) groups is 1. The van der Waals surface area contributed by atoms with Gasteiger partial charge < -0.3 is 9.80 Å². The van der Waals surface area contributed by atoms with E-state index in [1.54, 1.807) is 6.92 Å². The van der Waals surface area contributed by atoms with Crippen LogP contribution in [0.3, 0.4) is 0 Å². The van der Waals surface area contributed by atoms with Crippen molar-refractivity contribution < 1.29 is 4.79 Å². The first kappa shape index (κ1) is 20.6. The molecule has 6 heteroatoms. The lowest BCUT2D eigenvalue weighted by atomic mass is 9.91. The van der Waals surface area contributed by atoms with Gasteiger partial charge in [-0.05, 0) is 69.8 Å². The summed E-state index contributed by atoms with van der Waals surface area (Å²) in [5, 5.41) is 0. The second kappa shape index (κ2) is 8.67. The van der Waals surface area contributed by atoms with E-state index in [2.05, 4.69) is 46.3 Å². The van der Waals surface area contributed by atoms with Gasteiger partial charge in [0.25, 0.3) is 0 Å². The Bertz CT molecular complexity index is 891. The molecule has 1 aromatic heterocycles. The lowest BCUT2D eigenvalue weighted by molar-refractivity contribution is 0.101. The maximum atomic E-state index is 11.5. The van der Waals surface area contributed by atoms with Crippen molar-refractivity contribution in [1.82, 2.24) is 19.8 Å². The van der Waals surface area contributed by atoms with Crippen LogP contribution in [-0.4, -0.2) is 70.9 Å². The van der Waals surface area contributed by atoms with Gasteiger partial charge in [-0.25, -0.2) is 9.97 Å². The normalized spacial score (nSPS) is 25.2. The number of hydrogen-bond acceptors (Lipinski definition) is 6. The van der Waals surface area contributed by atoms with Gasteiger partial charge in [0.05, 0.1) is 0 Å². The number of carbonyl (C=O) groups excluding carboxylic acids is 1. The fraction of sp³-hybridized carbons (Fsp3) is 0.560. The Morgan fingerprint density at radius 3 is 2.16 bits per heavy atom. The molecular weight excluding hydrogens is 386 g/mol. The molecule has 0 spiro atoms. The average molecular weight is 420 g/mol. The summed E-state index contributed by atoms with van der Waals surface area (Å²) in [5.74, 6) is 1.60. The van der Waals surface area contributed by atoms with Crippen molar-refractivity contribution in [2.24, 2.45) is 0 Å². The predicted molar refractivity (Wildman–Crippen MR) is 123 cm³/mol. The molecule has 2 atom stereocenters. The number of Topliss-reactive ketones (excluding diaryl/α,β-unsaturated/α-hetero) is 1. The topological polar surface area (TPSA) is 52.6 Å². The summed E-state index contributed by atoms with van der Waals surface area (Å²) in [5.41, 5.74) is 3.35. The van der Waals surface area contributed by atoms with Crippen LogP contribution in [0.1, 0.15) is 60.0 Å². The van der Waals surface area contributed by atoms with E-state index in [-0.39, 0.29) is 5.78 Å². The van der Waals surface area contributed by atoms with Crippen LogP contribution < -0.4 is 4.90 Å². The summed E-state index contributed by atoms with van der Waals surface area (Å²) in [6.07, 6.45) is 8.98. The van der Waals surface area contributed by atoms with Crippen molar-refractivity contribution >= 4 is 11.7 Å². The fourth-order valence-electron chi connectivity index (χ4n) is 5.64. The van der Waals surface area contributed by atoms with Crippen LogP contribution in [0.5, 0.6) is 0 Å². The van der Waals surface area contributed by atoms with Crippen LogP contribution in [0, 0.1) is 0 Å². The highest BCUT2D eigenvalue weighted by atomic mass is 16.1. The molecule has 3 aliphatic heterocycles. The van der Waals surface area contributed by atoms with Gasteiger partial charge in [-0.15, -0.1) is 0 Å². The average Bonchev–Trinajstić information content (AvgIpc) is 3.06.